The molecule has 1 saturated carbocycles. The van der Waals surface area contributed by atoms with E-state index in [0.717, 1.165) is 0 Å². The molecular formula is C14H18O3. The third-order valence-corrected chi connectivity index (χ3v) is 3.36. The predicted octanol–water partition coefficient (Wildman–Crippen LogP) is 3.16. The molecule has 1 aromatic carbocycles. The number of aldehydes is 1. The summed E-state index contributed by atoms with van der Waals surface area (Å²) in [5.41, 5.74) is 0.283. The first-order valence-electron chi connectivity index (χ1n) is 6.21. The molecule has 1 aliphatic rings. The highest BCUT2D eigenvalue weighted by Gasteiger charge is 2.15. The number of carbonyl (C=O) groups is 1. The third kappa shape index (κ3) is 2.99. The van der Waals surface area contributed by atoms with E-state index in [1.54, 1.807) is 18.2 Å². The average Bonchev–Trinajstić information content (AvgIpc) is 2.39. The molecule has 2 rings (SSSR count). The Morgan fingerprint density at radius 2 is 2.06 bits per heavy atom. The van der Waals surface area contributed by atoms with Crippen molar-refractivity contribution in [1.29, 1.82) is 0 Å². The summed E-state index contributed by atoms with van der Waals surface area (Å²) in [7, 11) is 0. The summed E-state index contributed by atoms with van der Waals surface area (Å²) in [5.74, 6) is 0.960. The lowest BCUT2D eigenvalue weighted by Crippen LogP contribution is -2.15. The van der Waals surface area contributed by atoms with E-state index < -0.39 is 0 Å². The number of rotatable bonds is 4. The molecule has 0 amide bonds. The monoisotopic (exact) mass is 234 g/mol. The fraction of sp³-hybridized carbons (Fsp3) is 0.500. The molecule has 0 bridgehead atoms. The van der Waals surface area contributed by atoms with Gasteiger partial charge in [0, 0.05) is 0 Å². The number of benzene rings is 1. The van der Waals surface area contributed by atoms with Crippen LogP contribution in [0.15, 0.2) is 18.2 Å². The lowest BCUT2D eigenvalue weighted by Gasteiger charge is -2.21. The minimum atomic E-state index is -0.0432. The van der Waals surface area contributed by atoms with Crippen molar-refractivity contribution >= 4 is 6.29 Å². The topological polar surface area (TPSA) is 46.5 Å². The summed E-state index contributed by atoms with van der Waals surface area (Å²) in [6, 6.07) is 5.00. The Morgan fingerprint density at radius 1 is 1.29 bits per heavy atom. The van der Waals surface area contributed by atoms with Gasteiger partial charge in [0.25, 0.3) is 0 Å². The Hall–Kier alpha value is -1.51. The summed E-state index contributed by atoms with van der Waals surface area (Å²) < 4.78 is 5.61. The lowest BCUT2D eigenvalue weighted by atomic mass is 9.90. The molecule has 3 nitrogen and oxygen atoms in total. The smallest absolute Gasteiger partial charge is 0.168 e. The van der Waals surface area contributed by atoms with Gasteiger partial charge in [0.15, 0.2) is 17.8 Å². The number of phenolic OH excluding ortho intramolecular Hbond substituents is 1. The zero-order chi connectivity index (χ0) is 12.1. The SMILES string of the molecule is O=Cc1cccc(OCC2CCCCC2)c1O. The fourth-order valence-electron chi connectivity index (χ4n) is 2.31. The predicted molar refractivity (Wildman–Crippen MR) is 65.6 cm³/mol. The molecule has 0 unspecified atom stereocenters. The van der Waals surface area contributed by atoms with Crippen molar-refractivity contribution < 1.29 is 14.6 Å². The summed E-state index contributed by atoms with van der Waals surface area (Å²) >= 11 is 0. The van der Waals surface area contributed by atoms with E-state index in [4.69, 9.17) is 4.74 Å². The number of hydrogen-bond donors (Lipinski definition) is 1. The van der Waals surface area contributed by atoms with Gasteiger partial charge in [-0.3, -0.25) is 4.79 Å². The van der Waals surface area contributed by atoms with Crippen LogP contribution in [0.1, 0.15) is 42.5 Å². The standard InChI is InChI=1S/C14H18O3/c15-9-12-7-4-8-13(14(12)16)17-10-11-5-2-1-3-6-11/h4,7-9,11,16H,1-3,5-6,10H2. The van der Waals surface area contributed by atoms with E-state index in [1.807, 2.05) is 0 Å². The van der Waals surface area contributed by atoms with Crippen molar-refractivity contribution in [3.05, 3.63) is 23.8 Å². The minimum Gasteiger partial charge on any atom is -0.504 e. The van der Waals surface area contributed by atoms with E-state index >= 15 is 0 Å². The maximum atomic E-state index is 10.7. The number of phenols is 1. The molecule has 3 heteroatoms. The summed E-state index contributed by atoms with van der Waals surface area (Å²) in [5, 5.41) is 9.76. The summed E-state index contributed by atoms with van der Waals surface area (Å²) in [6.45, 7) is 0.635. The second-order valence-corrected chi connectivity index (χ2v) is 4.63. The highest BCUT2D eigenvalue weighted by atomic mass is 16.5. The normalized spacial score (nSPS) is 16.7. The van der Waals surface area contributed by atoms with Crippen LogP contribution in [0, 0.1) is 5.92 Å². The van der Waals surface area contributed by atoms with Crippen molar-refractivity contribution in [2.75, 3.05) is 6.61 Å². The second-order valence-electron chi connectivity index (χ2n) is 4.63. The molecule has 1 N–H and O–H groups in total. The largest absolute Gasteiger partial charge is 0.504 e. The van der Waals surface area contributed by atoms with E-state index in [0.29, 0.717) is 24.6 Å². The van der Waals surface area contributed by atoms with Crippen LogP contribution >= 0.6 is 0 Å². The highest BCUT2D eigenvalue weighted by molar-refractivity contribution is 5.80. The lowest BCUT2D eigenvalue weighted by molar-refractivity contribution is 0.111. The number of ether oxygens (including phenoxy) is 1. The van der Waals surface area contributed by atoms with Crippen molar-refractivity contribution in [3.8, 4) is 11.5 Å². The number of carbonyl (C=O) groups excluding carboxylic acids is 1. The Labute approximate surface area is 101 Å². The van der Waals surface area contributed by atoms with Gasteiger partial charge < -0.3 is 9.84 Å². The van der Waals surface area contributed by atoms with E-state index in [9.17, 15) is 9.90 Å². The maximum Gasteiger partial charge on any atom is 0.168 e. The highest BCUT2D eigenvalue weighted by Crippen LogP contribution is 2.30. The molecular weight excluding hydrogens is 216 g/mol. The Balaban J connectivity index is 1.96. The first-order valence-corrected chi connectivity index (χ1v) is 6.21. The van der Waals surface area contributed by atoms with Gasteiger partial charge in [-0.2, -0.15) is 0 Å². The van der Waals surface area contributed by atoms with E-state index in [2.05, 4.69) is 0 Å². The zero-order valence-corrected chi connectivity index (χ0v) is 9.89. The Morgan fingerprint density at radius 3 is 2.76 bits per heavy atom. The van der Waals surface area contributed by atoms with Gasteiger partial charge in [0.2, 0.25) is 0 Å². The van der Waals surface area contributed by atoms with Crippen LogP contribution in [0.4, 0.5) is 0 Å². The Bertz CT molecular complexity index is 381. The number of para-hydroxylation sites is 1. The molecule has 17 heavy (non-hydrogen) atoms. The molecule has 0 saturated heterocycles. The van der Waals surface area contributed by atoms with E-state index in [1.165, 1.54) is 32.1 Å². The molecule has 0 atom stereocenters. The van der Waals surface area contributed by atoms with Gasteiger partial charge in [-0.05, 0) is 30.9 Å². The molecule has 1 aromatic rings. The van der Waals surface area contributed by atoms with Gasteiger partial charge in [0.05, 0.1) is 12.2 Å². The van der Waals surface area contributed by atoms with Crippen molar-refractivity contribution in [2.45, 2.75) is 32.1 Å². The summed E-state index contributed by atoms with van der Waals surface area (Å²) in [4.78, 5) is 10.7. The molecule has 1 aliphatic carbocycles. The molecule has 0 radical (unpaired) electrons. The minimum absolute atomic E-state index is 0.0432. The van der Waals surface area contributed by atoms with E-state index in [-0.39, 0.29) is 11.3 Å². The number of aromatic hydroxyl groups is 1. The van der Waals surface area contributed by atoms with Crippen LogP contribution < -0.4 is 4.74 Å². The van der Waals surface area contributed by atoms with Crippen molar-refractivity contribution in [2.24, 2.45) is 5.92 Å². The zero-order valence-electron chi connectivity index (χ0n) is 9.89. The first-order chi connectivity index (χ1) is 8.31. The number of hydrogen-bond acceptors (Lipinski definition) is 3. The van der Waals surface area contributed by atoms with Crippen molar-refractivity contribution in [1.82, 2.24) is 0 Å². The molecule has 0 aliphatic heterocycles. The fourth-order valence-corrected chi connectivity index (χ4v) is 2.31. The first kappa shape index (κ1) is 12.0. The Kier molecular flexibility index (Phi) is 4.02. The van der Waals surface area contributed by atoms with Crippen LogP contribution in [0.3, 0.4) is 0 Å². The molecule has 1 fully saturated rings. The third-order valence-electron chi connectivity index (χ3n) is 3.36. The molecule has 0 spiro atoms. The second kappa shape index (κ2) is 5.71. The van der Waals surface area contributed by atoms with Crippen molar-refractivity contribution in [3.63, 3.8) is 0 Å². The molecule has 92 valence electrons. The summed E-state index contributed by atoms with van der Waals surface area (Å²) in [6.07, 6.45) is 6.91. The van der Waals surface area contributed by atoms with Crippen LogP contribution in [0.25, 0.3) is 0 Å². The van der Waals surface area contributed by atoms with Gasteiger partial charge in [-0.1, -0.05) is 25.3 Å². The average molecular weight is 234 g/mol. The van der Waals surface area contributed by atoms with Gasteiger partial charge >= 0.3 is 0 Å². The molecule has 0 heterocycles. The quantitative estimate of drug-likeness (QED) is 0.814. The maximum absolute atomic E-state index is 10.7. The van der Waals surface area contributed by atoms with Crippen LogP contribution in [0.2, 0.25) is 0 Å². The van der Waals surface area contributed by atoms with Crippen LogP contribution in [-0.4, -0.2) is 18.0 Å². The van der Waals surface area contributed by atoms with Gasteiger partial charge in [0.1, 0.15) is 0 Å². The van der Waals surface area contributed by atoms with Crippen LogP contribution in [0.5, 0.6) is 11.5 Å². The molecule has 0 aromatic heterocycles. The van der Waals surface area contributed by atoms with Gasteiger partial charge in [-0.25, -0.2) is 0 Å². The van der Waals surface area contributed by atoms with Gasteiger partial charge in [-0.15, -0.1) is 0 Å². The van der Waals surface area contributed by atoms with Crippen LogP contribution in [-0.2, 0) is 0 Å².